The summed E-state index contributed by atoms with van der Waals surface area (Å²) in [6, 6.07) is 6.05. The summed E-state index contributed by atoms with van der Waals surface area (Å²) in [4.78, 5) is 7.16. The first kappa shape index (κ1) is 15.3. The third-order valence-corrected chi connectivity index (χ3v) is 4.18. The maximum absolute atomic E-state index is 6.14. The number of fused-ring (bicyclic) bond motifs is 1. The molecule has 1 fully saturated rings. The van der Waals surface area contributed by atoms with Crippen LogP contribution in [0.25, 0.3) is 0 Å². The monoisotopic (exact) mass is 319 g/mol. The number of rotatable bonds is 1. The van der Waals surface area contributed by atoms with Crippen LogP contribution in [-0.4, -0.2) is 47.8 Å². The predicted molar refractivity (Wildman–Crippen MR) is 92.0 cm³/mol. The molecule has 0 aromatic heterocycles. The molecule has 2 aliphatic rings. The fraction of sp³-hybridized carbons (Fsp3) is 0.500. The summed E-state index contributed by atoms with van der Waals surface area (Å²) in [6.45, 7) is 10.0. The van der Waals surface area contributed by atoms with Gasteiger partial charge in [-0.05, 0) is 32.9 Å². The van der Waals surface area contributed by atoms with E-state index in [4.69, 9.17) is 21.7 Å². The maximum Gasteiger partial charge on any atom is 0.223 e. The Morgan fingerprint density at radius 3 is 2.73 bits per heavy atom. The zero-order valence-corrected chi connectivity index (χ0v) is 14.1. The number of halogens is 1. The summed E-state index contributed by atoms with van der Waals surface area (Å²) in [5, 5.41) is 10.9. The molecule has 1 saturated heterocycles. The molecule has 0 saturated carbocycles. The molecule has 0 radical (unpaired) electrons. The molecule has 1 atom stereocenters. The van der Waals surface area contributed by atoms with Crippen LogP contribution in [0.4, 0.5) is 5.69 Å². The number of nitrogens with one attached hydrogen (secondary N) is 1. The van der Waals surface area contributed by atoms with Crippen LogP contribution in [0.2, 0.25) is 5.02 Å². The summed E-state index contributed by atoms with van der Waals surface area (Å²) < 4.78 is 0. The highest BCUT2D eigenvalue weighted by Gasteiger charge is 2.31. The lowest BCUT2D eigenvalue weighted by Gasteiger charge is -2.39. The van der Waals surface area contributed by atoms with Crippen molar-refractivity contribution in [3.8, 4) is 0 Å². The minimum Gasteiger partial charge on any atom is -0.338 e. The van der Waals surface area contributed by atoms with Gasteiger partial charge in [-0.1, -0.05) is 17.7 Å². The van der Waals surface area contributed by atoms with Gasteiger partial charge in [-0.3, -0.25) is 0 Å². The van der Waals surface area contributed by atoms with E-state index >= 15 is 0 Å². The Balaban J connectivity index is 2.06. The fourth-order valence-corrected chi connectivity index (χ4v) is 3.02. The molecule has 2 aliphatic heterocycles. The number of benzene rings is 1. The van der Waals surface area contributed by atoms with Crippen molar-refractivity contribution >= 4 is 29.0 Å². The number of hydrazone groups is 1. The number of piperazine rings is 1. The molecule has 22 heavy (non-hydrogen) atoms. The minimum absolute atomic E-state index is 0.143. The molecule has 0 amide bonds. The average molecular weight is 320 g/mol. The van der Waals surface area contributed by atoms with Crippen LogP contribution >= 0.6 is 11.6 Å². The summed E-state index contributed by atoms with van der Waals surface area (Å²) in [5.41, 5.74) is 3.13. The molecule has 0 spiro atoms. The second kappa shape index (κ2) is 6.26. The Bertz CT molecular complexity index is 615. The van der Waals surface area contributed by atoms with Crippen LogP contribution in [0, 0.1) is 0 Å². The van der Waals surface area contributed by atoms with Crippen molar-refractivity contribution in [3.05, 3.63) is 28.8 Å². The quantitative estimate of drug-likeness (QED) is 0.809. The summed E-state index contributed by atoms with van der Waals surface area (Å²) in [6.07, 6.45) is 0. The van der Waals surface area contributed by atoms with Gasteiger partial charge in [-0.25, -0.2) is 10.0 Å². The first-order valence-electron chi connectivity index (χ1n) is 7.71. The number of aliphatic imine (C=N–C) groups is 1. The van der Waals surface area contributed by atoms with Gasteiger partial charge in [0.1, 0.15) is 0 Å². The molecule has 118 valence electrons. The van der Waals surface area contributed by atoms with E-state index in [1.807, 2.05) is 37.1 Å². The summed E-state index contributed by atoms with van der Waals surface area (Å²) in [5.74, 6) is 0.921. The molecule has 3 rings (SSSR count). The highest BCUT2D eigenvalue weighted by Crippen LogP contribution is 2.37. The molecule has 0 bridgehead atoms. The van der Waals surface area contributed by atoms with Gasteiger partial charge in [0.25, 0.3) is 0 Å². The smallest absolute Gasteiger partial charge is 0.223 e. The van der Waals surface area contributed by atoms with Gasteiger partial charge in [-0.2, -0.15) is 5.10 Å². The summed E-state index contributed by atoms with van der Waals surface area (Å²) in [7, 11) is 0. The normalized spacial score (nSPS) is 21.3. The lowest BCUT2D eigenvalue weighted by molar-refractivity contribution is 0.258. The molecule has 1 unspecified atom stereocenters. The molecular weight excluding hydrogens is 298 g/mol. The first-order chi connectivity index (χ1) is 10.6. The van der Waals surface area contributed by atoms with Crippen LogP contribution in [0.1, 0.15) is 32.4 Å². The van der Waals surface area contributed by atoms with Gasteiger partial charge >= 0.3 is 0 Å². The van der Waals surface area contributed by atoms with E-state index < -0.39 is 0 Å². The van der Waals surface area contributed by atoms with E-state index in [1.165, 1.54) is 0 Å². The van der Waals surface area contributed by atoms with Crippen molar-refractivity contribution in [1.82, 2.24) is 15.2 Å². The van der Waals surface area contributed by atoms with E-state index in [1.54, 1.807) is 0 Å². The number of guanidine groups is 1. The Kier molecular flexibility index (Phi) is 4.36. The second-order valence-electron chi connectivity index (χ2n) is 5.92. The van der Waals surface area contributed by atoms with Crippen molar-refractivity contribution in [3.63, 3.8) is 0 Å². The highest BCUT2D eigenvalue weighted by molar-refractivity contribution is 6.30. The standard InChI is InChI=1S/C16H22ClN5/c1-11(2)20-22-12(3)14-5-4-13(17)10-15(14)19-16(22)21-8-6-18-7-9-21/h4-5,10,12,18H,6-9H2,1-3H3. The van der Waals surface area contributed by atoms with Crippen LogP contribution < -0.4 is 5.32 Å². The number of hydrogen-bond acceptors (Lipinski definition) is 5. The maximum atomic E-state index is 6.14. The molecule has 5 nitrogen and oxygen atoms in total. The van der Waals surface area contributed by atoms with Crippen molar-refractivity contribution in [2.75, 3.05) is 26.2 Å². The topological polar surface area (TPSA) is 43.2 Å². The van der Waals surface area contributed by atoms with Gasteiger partial charge in [0.05, 0.1) is 11.7 Å². The van der Waals surface area contributed by atoms with Crippen LogP contribution in [0.15, 0.2) is 28.3 Å². The lowest BCUT2D eigenvalue weighted by Crippen LogP contribution is -2.52. The Hall–Kier alpha value is -1.59. The van der Waals surface area contributed by atoms with E-state index in [0.717, 1.165) is 54.1 Å². The number of hydrogen-bond donors (Lipinski definition) is 1. The van der Waals surface area contributed by atoms with Crippen LogP contribution in [0.3, 0.4) is 0 Å². The molecular formula is C16H22ClN5. The zero-order chi connectivity index (χ0) is 15.7. The first-order valence-corrected chi connectivity index (χ1v) is 8.09. The molecule has 6 heteroatoms. The van der Waals surface area contributed by atoms with E-state index in [2.05, 4.69) is 17.1 Å². The van der Waals surface area contributed by atoms with Gasteiger partial charge in [0.2, 0.25) is 5.96 Å². The van der Waals surface area contributed by atoms with Gasteiger partial charge < -0.3 is 10.2 Å². The number of nitrogens with zero attached hydrogens (tertiary/aromatic N) is 4. The Morgan fingerprint density at radius 2 is 2.05 bits per heavy atom. The average Bonchev–Trinajstić information content (AvgIpc) is 2.50. The third kappa shape index (κ3) is 2.96. The van der Waals surface area contributed by atoms with E-state index in [-0.39, 0.29) is 6.04 Å². The second-order valence-corrected chi connectivity index (χ2v) is 6.36. The van der Waals surface area contributed by atoms with Gasteiger partial charge in [0.15, 0.2) is 0 Å². The van der Waals surface area contributed by atoms with Crippen LogP contribution in [0.5, 0.6) is 0 Å². The SMILES string of the molecule is CC(C)=NN1C(N2CCNCC2)=Nc2cc(Cl)ccc2C1C. The molecule has 2 heterocycles. The van der Waals surface area contributed by atoms with Crippen molar-refractivity contribution in [2.45, 2.75) is 26.8 Å². The van der Waals surface area contributed by atoms with Crippen molar-refractivity contribution in [1.29, 1.82) is 0 Å². The molecule has 0 aliphatic carbocycles. The molecule has 1 N–H and O–H groups in total. The largest absolute Gasteiger partial charge is 0.338 e. The minimum atomic E-state index is 0.143. The van der Waals surface area contributed by atoms with Crippen LogP contribution in [-0.2, 0) is 0 Å². The van der Waals surface area contributed by atoms with Crippen molar-refractivity contribution < 1.29 is 0 Å². The van der Waals surface area contributed by atoms with E-state index in [0.29, 0.717) is 0 Å². The predicted octanol–water partition coefficient (Wildman–Crippen LogP) is 3.01. The van der Waals surface area contributed by atoms with E-state index in [9.17, 15) is 0 Å². The van der Waals surface area contributed by atoms with Gasteiger partial charge in [-0.15, -0.1) is 0 Å². The zero-order valence-electron chi connectivity index (χ0n) is 13.3. The molecule has 1 aromatic carbocycles. The third-order valence-electron chi connectivity index (χ3n) is 3.94. The lowest BCUT2D eigenvalue weighted by atomic mass is 10.0. The fourth-order valence-electron chi connectivity index (χ4n) is 2.86. The highest BCUT2D eigenvalue weighted by atomic mass is 35.5. The van der Waals surface area contributed by atoms with Crippen molar-refractivity contribution in [2.24, 2.45) is 10.1 Å². The Morgan fingerprint density at radius 1 is 1.32 bits per heavy atom. The Labute approximate surface area is 136 Å². The molecule has 1 aromatic rings. The summed E-state index contributed by atoms with van der Waals surface area (Å²) >= 11 is 6.14. The van der Waals surface area contributed by atoms with Gasteiger partial charge in [0, 0.05) is 42.5 Å².